The number of hydrogen-bond donors (Lipinski definition) is 3. The van der Waals surface area contributed by atoms with Gasteiger partial charge in [-0.2, -0.15) is 0 Å². The van der Waals surface area contributed by atoms with Crippen molar-refractivity contribution in [2.24, 2.45) is 39.9 Å². The SMILES string of the molecule is CCC(C)C(=O)O[C@H]1C[C@@H](OC(C)=O)[C@@]2(C(=O)OC)CO[C@@H]3C2[C@]12CO[C@](O)(C(=O)OC)[C@H]2[C@](C)([C@]12O[C@@]1(C)C1CC2O[C@@H]2OCC[C@]12O)[C@@H]3O. The molecule has 5 saturated heterocycles. The van der Waals surface area contributed by atoms with Crippen molar-refractivity contribution in [2.75, 3.05) is 34.0 Å². The number of rotatable bonds is 7. The van der Waals surface area contributed by atoms with E-state index in [1.807, 2.05) is 13.8 Å². The molecule has 3 saturated carbocycles. The van der Waals surface area contributed by atoms with Crippen LogP contribution in [-0.2, 0) is 61.8 Å². The smallest absolute Gasteiger partial charge is 0.366 e. The molecule has 284 valence electrons. The van der Waals surface area contributed by atoms with Crippen molar-refractivity contribution in [3.8, 4) is 0 Å². The molecular formula is C35H48O16. The number of esters is 4. The summed E-state index contributed by atoms with van der Waals surface area (Å²) in [5.74, 6) is -9.94. The maximum Gasteiger partial charge on any atom is 0.366 e. The van der Waals surface area contributed by atoms with Gasteiger partial charge in [-0.15, -0.1) is 0 Å². The molecule has 4 unspecified atom stereocenters. The Balaban J connectivity index is 1.39. The number of hydrogen-bond acceptors (Lipinski definition) is 16. The lowest BCUT2D eigenvalue weighted by molar-refractivity contribution is -0.317. The standard InChI is InChI=1S/C35H48O16/c1-8-15(2)24(38)49-18-12-19(48-16(3)36)32(26(39)43-6)13-46-21-22(32)31(18)14-47-34(42,27(40)44-7)25(31)29(4,23(21)37)35-20-11-17(30(35,5)51-35)33(41)9-10-45-28(33)50-20/h15,17-23,25,28,37,41-42H,8-14H2,1-7H3/t15?,17?,18-,19+,20?,21+,22?,23+,25-,28-,29+,30-,31-,32-,33-,34-,35-/m0/s1. The number of epoxide rings is 1. The Morgan fingerprint density at radius 1 is 0.961 bits per heavy atom. The van der Waals surface area contributed by atoms with Crippen LogP contribution in [0.3, 0.4) is 0 Å². The number of fused-ring (bicyclic) bond motifs is 7. The van der Waals surface area contributed by atoms with Crippen molar-refractivity contribution in [3.05, 3.63) is 0 Å². The van der Waals surface area contributed by atoms with Gasteiger partial charge in [-0.3, -0.25) is 14.4 Å². The van der Waals surface area contributed by atoms with Crippen molar-refractivity contribution in [1.82, 2.24) is 0 Å². The highest BCUT2D eigenvalue weighted by Crippen LogP contribution is 2.83. The van der Waals surface area contributed by atoms with E-state index in [9.17, 15) is 34.5 Å². The average molecular weight is 725 g/mol. The number of aliphatic hydroxyl groups excluding tert-OH is 1. The first-order valence-corrected chi connectivity index (χ1v) is 17.9. The molecule has 5 heterocycles. The minimum absolute atomic E-state index is 0.254. The molecule has 2 bridgehead atoms. The first-order valence-electron chi connectivity index (χ1n) is 17.9. The van der Waals surface area contributed by atoms with Crippen molar-refractivity contribution >= 4 is 23.9 Å². The van der Waals surface area contributed by atoms with Crippen LogP contribution in [0.15, 0.2) is 0 Å². The summed E-state index contributed by atoms with van der Waals surface area (Å²) in [7, 11) is 2.26. The van der Waals surface area contributed by atoms with Gasteiger partial charge in [-0.05, 0) is 19.8 Å². The van der Waals surface area contributed by atoms with E-state index >= 15 is 0 Å². The van der Waals surface area contributed by atoms with E-state index in [0.717, 1.165) is 7.11 Å². The van der Waals surface area contributed by atoms with E-state index in [0.29, 0.717) is 12.8 Å². The number of carbonyl (C=O) groups excluding carboxylic acids is 4. The molecule has 0 aromatic rings. The quantitative estimate of drug-likeness (QED) is 0.175. The number of methoxy groups -OCH3 is 2. The lowest BCUT2D eigenvalue weighted by Crippen LogP contribution is -2.79. The monoisotopic (exact) mass is 724 g/mol. The van der Waals surface area contributed by atoms with E-state index < -0.39 is 130 Å². The molecule has 5 aliphatic heterocycles. The fourth-order valence-electron chi connectivity index (χ4n) is 12.6. The van der Waals surface area contributed by atoms with Crippen LogP contribution in [-0.4, -0.2) is 133 Å². The molecule has 3 aliphatic carbocycles. The summed E-state index contributed by atoms with van der Waals surface area (Å²) in [4.78, 5) is 54.5. The first-order chi connectivity index (χ1) is 23.9. The Labute approximate surface area is 294 Å². The molecule has 8 aliphatic rings. The van der Waals surface area contributed by atoms with Crippen molar-refractivity contribution < 1.29 is 77.1 Å². The maximum atomic E-state index is 14.2. The summed E-state index contributed by atoms with van der Waals surface area (Å²) in [6.45, 7) is 7.60. The van der Waals surface area contributed by atoms with Gasteiger partial charge in [0.25, 0.3) is 5.79 Å². The van der Waals surface area contributed by atoms with Crippen molar-refractivity contribution in [3.63, 3.8) is 0 Å². The zero-order chi connectivity index (χ0) is 36.9. The molecule has 0 radical (unpaired) electrons. The molecule has 0 amide bonds. The Kier molecular flexibility index (Phi) is 7.56. The highest BCUT2D eigenvalue weighted by Gasteiger charge is 2.97. The fourth-order valence-corrected chi connectivity index (χ4v) is 12.6. The zero-order valence-electron chi connectivity index (χ0n) is 29.9. The molecular weight excluding hydrogens is 676 g/mol. The highest BCUT2D eigenvalue weighted by molar-refractivity contribution is 5.82. The van der Waals surface area contributed by atoms with Gasteiger partial charge in [-0.1, -0.05) is 20.8 Å². The fraction of sp³-hybridized carbons (Fsp3) is 0.886. The molecule has 51 heavy (non-hydrogen) atoms. The van der Waals surface area contributed by atoms with Crippen molar-refractivity contribution in [1.29, 1.82) is 0 Å². The van der Waals surface area contributed by atoms with Gasteiger partial charge in [0.2, 0.25) is 0 Å². The van der Waals surface area contributed by atoms with E-state index in [4.69, 9.17) is 42.6 Å². The minimum atomic E-state index is -2.79. The summed E-state index contributed by atoms with van der Waals surface area (Å²) in [6, 6.07) is 0. The molecule has 8 fully saturated rings. The van der Waals surface area contributed by atoms with Gasteiger partial charge < -0.3 is 58.0 Å². The second-order valence-electron chi connectivity index (χ2n) is 16.4. The third-order valence-electron chi connectivity index (χ3n) is 14.7. The number of aliphatic hydroxyl groups is 3. The lowest BCUT2D eigenvalue weighted by Gasteiger charge is -2.65. The van der Waals surface area contributed by atoms with Gasteiger partial charge >= 0.3 is 23.9 Å². The lowest BCUT2D eigenvalue weighted by atomic mass is 9.37. The van der Waals surface area contributed by atoms with Gasteiger partial charge in [0.05, 0.1) is 58.3 Å². The van der Waals surface area contributed by atoms with Gasteiger partial charge in [0.1, 0.15) is 34.4 Å². The molecule has 16 heteroatoms. The molecule has 0 aromatic heterocycles. The van der Waals surface area contributed by atoms with Crippen molar-refractivity contribution in [2.45, 2.75) is 120 Å². The van der Waals surface area contributed by atoms with Crippen LogP contribution < -0.4 is 0 Å². The highest BCUT2D eigenvalue weighted by atomic mass is 16.7. The van der Waals surface area contributed by atoms with Crippen LogP contribution in [0.1, 0.15) is 60.3 Å². The van der Waals surface area contributed by atoms with E-state index in [1.54, 1.807) is 13.8 Å². The normalized spacial score (nSPS) is 54.7. The Bertz CT molecular complexity index is 1550. The molecule has 17 atom stereocenters. The van der Waals surface area contributed by atoms with Crippen LogP contribution in [0.25, 0.3) is 0 Å². The number of ether oxygens (including phenoxy) is 9. The minimum Gasteiger partial charge on any atom is -0.468 e. The Morgan fingerprint density at radius 2 is 1.67 bits per heavy atom. The molecule has 0 aromatic carbocycles. The average Bonchev–Trinajstić information content (AvgIpc) is 3.47. The van der Waals surface area contributed by atoms with Gasteiger partial charge in [0, 0.05) is 48.3 Å². The molecule has 8 rings (SSSR count). The summed E-state index contributed by atoms with van der Waals surface area (Å²) >= 11 is 0. The predicted octanol–water partition coefficient (Wildman–Crippen LogP) is -0.247. The topological polar surface area (TPSA) is 215 Å². The predicted molar refractivity (Wildman–Crippen MR) is 165 cm³/mol. The van der Waals surface area contributed by atoms with Crippen LogP contribution >= 0.6 is 0 Å². The van der Waals surface area contributed by atoms with Crippen LogP contribution in [0.5, 0.6) is 0 Å². The molecule has 1 spiro atoms. The van der Waals surface area contributed by atoms with E-state index in [1.165, 1.54) is 14.0 Å². The van der Waals surface area contributed by atoms with Crippen LogP contribution in [0.4, 0.5) is 0 Å². The molecule has 16 nitrogen and oxygen atoms in total. The Morgan fingerprint density at radius 3 is 2.31 bits per heavy atom. The van der Waals surface area contributed by atoms with E-state index in [-0.39, 0.29) is 26.1 Å². The Hall–Kier alpha value is -2.44. The third-order valence-corrected chi connectivity index (χ3v) is 14.7. The van der Waals surface area contributed by atoms with Crippen LogP contribution in [0.2, 0.25) is 0 Å². The van der Waals surface area contributed by atoms with Crippen LogP contribution in [0, 0.1) is 39.9 Å². The first kappa shape index (κ1) is 35.6. The largest absolute Gasteiger partial charge is 0.468 e. The summed E-state index contributed by atoms with van der Waals surface area (Å²) in [5, 5.41) is 37.6. The second-order valence-corrected chi connectivity index (χ2v) is 16.4. The summed E-state index contributed by atoms with van der Waals surface area (Å²) in [5.41, 5.74) is -9.31. The maximum absolute atomic E-state index is 14.2. The molecule has 3 N–H and O–H groups in total. The summed E-state index contributed by atoms with van der Waals surface area (Å²) < 4.78 is 54.5. The third kappa shape index (κ3) is 3.78. The second kappa shape index (κ2) is 10.8. The zero-order valence-corrected chi connectivity index (χ0v) is 29.9. The van der Waals surface area contributed by atoms with E-state index in [2.05, 4.69) is 0 Å². The number of carbonyl (C=O) groups is 4. The summed E-state index contributed by atoms with van der Waals surface area (Å²) in [6.07, 6.45) is -6.41. The van der Waals surface area contributed by atoms with Gasteiger partial charge in [-0.25, -0.2) is 4.79 Å². The van der Waals surface area contributed by atoms with Gasteiger partial charge in [0.15, 0.2) is 6.29 Å².